The van der Waals surface area contributed by atoms with Crippen LogP contribution >= 0.6 is 0 Å². The van der Waals surface area contributed by atoms with Crippen molar-refractivity contribution >= 4 is 17.7 Å². The van der Waals surface area contributed by atoms with E-state index < -0.39 is 53.4 Å². The summed E-state index contributed by atoms with van der Waals surface area (Å²) in [5, 5.41) is 0. The molecule has 2 aromatic rings. The molecule has 2 unspecified atom stereocenters. The zero-order chi connectivity index (χ0) is 25.6. The quantitative estimate of drug-likeness (QED) is 0.367. The molecule has 0 radical (unpaired) electrons. The first kappa shape index (κ1) is 26.6. The van der Waals surface area contributed by atoms with Crippen molar-refractivity contribution in [2.45, 2.75) is 39.9 Å². The molecule has 0 fully saturated rings. The lowest BCUT2D eigenvalue weighted by molar-refractivity contribution is -0.0139. The smallest absolute Gasteiger partial charge is 0.479 e. The highest BCUT2D eigenvalue weighted by Crippen LogP contribution is 2.22. The highest BCUT2D eigenvalue weighted by Gasteiger charge is 2.33. The Labute approximate surface area is 195 Å². The van der Waals surface area contributed by atoms with Gasteiger partial charge in [0.1, 0.15) is 0 Å². The van der Waals surface area contributed by atoms with E-state index in [4.69, 9.17) is 18.9 Å². The standard InChI is InChI=1S/C23H26F2N2O7/c1-11(2)19(17(28)13-7-15(24)21(31-5)26-9-13)33-23(30)34-20(12(3)4)18(29)14-8-16(25)22(32-6)27-10-14/h7-12,19-20H,1-6H3. The van der Waals surface area contributed by atoms with Crippen LogP contribution in [0.4, 0.5) is 13.6 Å². The first-order chi connectivity index (χ1) is 16.0. The second-order valence-corrected chi connectivity index (χ2v) is 7.97. The summed E-state index contributed by atoms with van der Waals surface area (Å²) in [6.07, 6.45) is -1.78. The highest BCUT2D eigenvalue weighted by atomic mass is 19.1. The predicted molar refractivity (Wildman–Crippen MR) is 115 cm³/mol. The highest BCUT2D eigenvalue weighted by molar-refractivity contribution is 6.01. The fourth-order valence-corrected chi connectivity index (χ4v) is 2.97. The van der Waals surface area contributed by atoms with Crippen LogP contribution in [0.1, 0.15) is 48.4 Å². The van der Waals surface area contributed by atoms with Crippen LogP contribution < -0.4 is 9.47 Å². The van der Waals surface area contributed by atoms with Gasteiger partial charge in [0.2, 0.25) is 23.3 Å². The van der Waals surface area contributed by atoms with Crippen molar-refractivity contribution in [2.24, 2.45) is 11.8 Å². The average molecular weight is 480 g/mol. The van der Waals surface area contributed by atoms with E-state index in [1.807, 2.05) is 0 Å². The van der Waals surface area contributed by atoms with Crippen LogP contribution in [0.3, 0.4) is 0 Å². The number of aromatic nitrogens is 2. The lowest BCUT2D eigenvalue weighted by Gasteiger charge is -2.23. The number of pyridine rings is 2. The Kier molecular flexibility index (Phi) is 8.99. The molecule has 2 heterocycles. The van der Waals surface area contributed by atoms with Crippen molar-refractivity contribution in [3.63, 3.8) is 0 Å². The van der Waals surface area contributed by atoms with Crippen LogP contribution in [0, 0.1) is 23.5 Å². The van der Waals surface area contributed by atoms with Crippen LogP contribution in [0.2, 0.25) is 0 Å². The van der Waals surface area contributed by atoms with Gasteiger partial charge in [-0.3, -0.25) is 9.59 Å². The predicted octanol–water partition coefficient (Wildman–Crippen LogP) is 4.04. The van der Waals surface area contributed by atoms with Gasteiger partial charge >= 0.3 is 6.16 Å². The molecule has 2 aromatic heterocycles. The van der Waals surface area contributed by atoms with Crippen LogP contribution in [-0.4, -0.2) is 54.1 Å². The number of halogens is 2. The van der Waals surface area contributed by atoms with E-state index >= 15 is 0 Å². The van der Waals surface area contributed by atoms with E-state index in [0.717, 1.165) is 24.5 Å². The summed E-state index contributed by atoms with van der Waals surface area (Å²) in [5.41, 5.74) is -0.276. The SMILES string of the molecule is COc1ncc(C(=O)C(OC(=O)OC(C(=O)c2cnc(OC)c(F)c2)C(C)C)C(C)C)cc1F. The van der Waals surface area contributed by atoms with Gasteiger partial charge in [-0.15, -0.1) is 0 Å². The lowest BCUT2D eigenvalue weighted by atomic mass is 9.98. The van der Waals surface area contributed by atoms with E-state index in [0.29, 0.717) is 0 Å². The maximum atomic E-state index is 14.0. The molecular formula is C23H26F2N2O7. The van der Waals surface area contributed by atoms with Crippen molar-refractivity contribution in [1.82, 2.24) is 9.97 Å². The summed E-state index contributed by atoms with van der Waals surface area (Å²) in [4.78, 5) is 45.6. The van der Waals surface area contributed by atoms with Crippen LogP contribution in [0.5, 0.6) is 11.8 Å². The molecule has 0 aliphatic carbocycles. The second kappa shape index (κ2) is 11.5. The minimum absolute atomic E-state index is 0.138. The summed E-state index contributed by atoms with van der Waals surface area (Å²) in [7, 11) is 2.46. The number of hydrogen-bond donors (Lipinski definition) is 0. The number of nitrogens with zero attached hydrogens (tertiary/aromatic N) is 2. The monoisotopic (exact) mass is 480 g/mol. The normalized spacial score (nSPS) is 12.8. The summed E-state index contributed by atoms with van der Waals surface area (Å²) in [5.74, 6) is -4.75. The van der Waals surface area contributed by atoms with Gasteiger partial charge in [-0.2, -0.15) is 0 Å². The summed E-state index contributed by atoms with van der Waals surface area (Å²) in [6, 6.07) is 1.84. The van der Waals surface area contributed by atoms with Crippen molar-refractivity contribution in [3.8, 4) is 11.8 Å². The first-order valence-electron chi connectivity index (χ1n) is 10.3. The van der Waals surface area contributed by atoms with E-state index in [1.54, 1.807) is 27.7 Å². The van der Waals surface area contributed by atoms with Gasteiger partial charge < -0.3 is 18.9 Å². The summed E-state index contributed by atoms with van der Waals surface area (Å²) >= 11 is 0. The van der Waals surface area contributed by atoms with Gasteiger partial charge in [-0.25, -0.2) is 23.5 Å². The number of carbonyl (C=O) groups is 3. The molecule has 0 bridgehead atoms. The largest absolute Gasteiger partial charge is 0.509 e. The van der Waals surface area contributed by atoms with Crippen molar-refractivity contribution in [2.75, 3.05) is 14.2 Å². The third kappa shape index (κ3) is 6.24. The van der Waals surface area contributed by atoms with E-state index in [2.05, 4.69) is 9.97 Å². The maximum absolute atomic E-state index is 14.0. The number of ketones is 2. The molecule has 0 aliphatic heterocycles. The number of rotatable bonds is 10. The van der Waals surface area contributed by atoms with Gasteiger partial charge in [-0.1, -0.05) is 27.7 Å². The molecule has 0 aromatic carbocycles. The van der Waals surface area contributed by atoms with Crippen molar-refractivity contribution in [3.05, 3.63) is 47.3 Å². The Balaban J connectivity index is 2.19. The van der Waals surface area contributed by atoms with Crippen molar-refractivity contribution in [1.29, 1.82) is 0 Å². The fraction of sp³-hybridized carbons (Fsp3) is 0.435. The molecule has 0 N–H and O–H groups in total. The molecule has 184 valence electrons. The molecule has 9 nitrogen and oxygen atoms in total. The lowest BCUT2D eigenvalue weighted by Crippen LogP contribution is -2.37. The maximum Gasteiger partial charge on any atom is 0.509 e. The van der Waals surface area contributed by atoms with Crippen LogP contribution in [-0.2, 0) is 9.47 Å². The van der Waals surface area contributed by atoms with Crippen LogP contribution in [0.15, 0.2) is 24.5 Å². The molecule has 0 spiro atoms. The number of methoxy groups -OCH3 is 2. The minimum atomic E-state index is -1.34. The Morgan fingerprint density at radius 2 is 1.09 bits per heavy atom. The molecule has 0 saturated heterocycles. The van der Waals surface area contributed by atoms with Gasteiger partial charge in [0.25, 0.3) is 0 Å². The fourth-order valence-electron chi connectivity index (χ4n) is 2.97. The molecular weight excluding hydrogens is 454 g/mol. The summed E-state index contributed by atoms with van der Waals surface area (Å²) < 4.78 is 47.8. The third-order valence-corrected chi connectivity index (χ3v) is 4.74. The van der Waals surface area contributed by atoms with Crippen molar-refractivity contribution < 1.29 is 42.1 Å². The molecule has 2 rings (SSSR count). The molecule has 2 atom stereocenters. The molecule has 11 heteroatoms. The Hall–Kier alpha value is -3.63. The number of Topliss-reactive ketones (excluding diaryl/α,β-unsaturated/α-hetero) is 2. The summed E-state index contributed by atoms with van der Waals surface area (Å²) in [6.45, 7) is 6.44. The minimum Gasteiger partial charge on any atom is -0.479 e. The first-order valence-corrected chi connectivity index (χ1v) is 10.3. The van der Waals surface area contributed by atoms with Gasteiger partial charge in [-0.05, 0) is 24.0 Å². The van der Waals surface area contributed by atoms with E-state index in [1.165, 1.54) is 14.2 Å². The number of carbonyl (C=O) groups excluding carboxylic acids is 3. The zero-order valence-corrected chi connectivity index (χ0v) is 19.6. The topological polar surface area (TPSA) is 114 Å². The molecule has 0 amide bonds. The third-order valence-electron chi connectivity index (χ3n) is 4.74. The number of hydrogen-bond acceptors (Lipinski definition) is 9. The molecule has 0 aliphatic rings. The average Bonchev–Trinajstić information content (AvgIpc) is 2.79. The van der Waals surface area contributed by atoms with Gasteiger partial charge in [0, 0.05) is 23.5 Å². The Bertz CT molecular complexity index is 978. The molecule has 34 heavy (non-hydrogen) atoms. The van der Waals surface area contributed by atoms with E-state index in [-0.39, 0.29) is 22.9 Å². The zero-order valence-electron chi connectivity index (χ0n) is 19.6. The van der Waals surface area contributed by atoms with Gasteiger partial charge in [0.05, 0.1) is 14.2 Å². The Morgan fingerprint density at radius 3 is 1.35 bits per heavy atom. The number of ether oxygens (including phenoxy) is 4. The second-order valence-electron chi connectivity index (χ2n) is 7.97. The molecule has 0 saturated carbocycles. The van der Waals surface area contributed by atoms with E-state index in [9.17, 15) is 23.2 Å². The Morgan fingerprint density at radius 1 is 0.735 bits per heavy atom. The van der Waals surface area contributed by atoms with Crippen LogP contribution in [0.25, 0.3) is 0 Å². The van der Waals surface area contributed by atoms with Gasteiger partial charge in [0.15, 0.2) is 23.8 Å².